The minimum atomic E-state index is 0. The Hall–Kier alpha value is -1.88. The molecule has 2 rings (SSSR count). The Morgan fingerprint density at radius 1 is 1.17 bits per heavy atom. The van der Waals surface area contributed by atoms with Crippen molar-refractivity contribution < 1.29 is 9.47 Å². The van der Waals surface area contributed by atoms with Gasteiger partial charge in [0.05, 0.1) is 26.5 Å². The molecule has 0 unspecified atom stereocenters. The van der Waals surface area contributed by atoms with Gasteiger partial charge in [-0.3, -0.25) is 5.10 Å². The summed E-state index contributed by atoms with van der Waals surface area (Å²) in [5, 5.41) is 10.0. The quantitative estimate of drug-likeness (QED) is 0.875. The number of halogens is 1. The third-order valence-electron chi connectivity index (χ3n) is 2.39. The van der Waals surface area contributed by atoms with E-state index in [1.54, 1.807) is 20.4 Å². The van der Waals surface area contributed by atoms with Gasteiger partial charge in [-0.15, -0.1) is 12.4 Å². The molecule has 5 nitrogen and oxygen atoms in total. The Bertz CT molecular complexity index is 452. The molecule has 1 aromatic carbocycles. The summed E-state index contributed by atoms with van der Waals surface area (Å²) in [5.41, 5.74) is 1.96. The van der Waals surface area contributed by atoms with Gasteiger partial charge in [-0.2, -0.15) is 5.10 Å². The first-order chi connectivity index (χ1) is 8.31. The van der Waals surface area contributed by atoms with Crippen LogP contribution in [0.3, 0.4) is 0 Å². The van der Waals surface area contributed by atoms with E-state index in [-0.39, 0.29) is 12.4 Å². The molecule has 0 fully saturated rings. The number of methoxy groups -OCH3 is 2. The second-order valence-corrected chi connectivity index (χ2v) is 3.54. The normalized spacial score (nSPS) is 9.44. The molecule has 0 saturated heterocycles. The van der Waals surface area contributed by atoms with Crippen LogP contribution in [-0.2, 0) is 6.54 Å². The number of hydrogen-bond acceptors (Lipinski definition) is 4. The first kappa shape index (κ1) is 14.2. The molecule has 0 bridgehead atoms. The molecule has 2 aromatic rings. The number of rotatable bonds is 5. The van der Waals surface area contributed by atoms with E-state index in [1.807, 2.05) is 24.3 Å². The molecule has 0 aliphatic rings. The molecule has 18 heavy (non-hydrogen) atoms. The highest BCUT2D eigenvalue weighted by atomic mass is 35.5. The second kappa shape index (κ2) is 6.76. The summed E-state index contributed by atoms with van der Waals surface area (Å²) in [4.78, 5) is 0. The van der Waals surface area contributed by atoms with Crippen LogP contribution >= 0.6 is 12.4 Å². The Kier molecular flexibility index (Phi) is 5.32. The van der Waals surface area contributed by atoms with Crippen LogP contribution in [0, 0.1) is 0 Å². The molecule has 2 N–H and O–H groups in total. The summed E-state index contributed by atoms with van der Waals surface area (Å²) in [7, 11) is 3.26. The molecule has 0 amide bonds. The maximum absolute atomic E-state index is 5.19. The molecular formula is C12H16ClN3O2. The average Bonchev–Trinajstić information content (AvgIpc) is 2.89. The standard InChI is InChI=1S/C12H15N3O2.ClH/c1-16-11-5-10(6-12(7-11)17-2)13-8-9-3-4-14-15-9;/h3-7,13H,8H2,1-2H3,(H,14,15);1H. The summed E-state index contributed by atoms with van der Waals surface area (Å²) < 4.78 is 10.4. The van der Waals surface area contributed by atoms with Gasteiger partial charge in [0.1, 0.15) is 11.5 Å². The van der Waals surface area contributed by atoms with Gasteiger partial charge < -0.3 is 14.8 Å². The van der Waals surface area contributed by atoms with Crippen molar-refractivity contribution in [2.75, 3.05) is 19.5 Å². The number of nitrogens with one attached hydrogen (secondary N) is 2. The Morgan fingerprint density at radius 3 is 2.33 bits per heavy atom. The molecule has 1 aromatic heterocycles. The van der Waals surface area contributed by atoms with Crippen molar-refractivity contribution in [1.29, 1.82) is 0 Å². The molecule has 0 spiro atoms. The lowest BCUT2D eigenvalue weighted by molar-refractivity contribution is 0.394. The van der Waals surface area contributed by atoms with Crippen LogP contribution in [0.4, 0.5) is 5.69 Å². The zero-order valence-corrected chi connectivity index (χ0v) is 11.1. The van der Waals surface area contributed by atoms with Crippen LogP contribution in [0.25, 0.3) is 0 Å². The molecule has 6 heteroatoms. The fourth-order valence-electron chi connectivity index (χ4n) is 1.49. The van der Waals surface area contributed by atoms with Crippen molar-refractivity contribution in [3.8, 4) is 11.5 Å². The fourth-order valence-corrected chi connectivity index (χ4v) is 1.49. The summed E-state index contributed by atoms with van der Waals surface area (Å²) in [6.45, 7) is 0.677. The lowest BCUT2D eigenvalue weighted by Gasteiger charge is -2.09. The number of anilines is 1. The molecule has 1 heterocycles. The summed E-state index contributed by atoms with van der Waals surface area (Å²) in [6.07, 6.45) is 1.73. The third kappa shape index (κ3) is 3.56. The van der Waals surface area contributed by atoms with Crippen LogP contribution in [0.2, 0.25) is 0 Å². The number of nitrogens with zero attached hydrogens (tertiary/aromatic N) is 1. The number of ether oxygens (including phenoxy) is 2. The first-order valence-electron chi connectivity index (χ1n) is 5.27. The van der Waals surface area contributed by atoms with Crippen molar-refractivity contribution in [2.24, 2.45) is 0 Å². The van der Waals surface area contributed by atoms with Crippen LogP contribution in [0.1, 0.15) is 5.69 Å². The van der Waals surface area contributed by atoms with E-state index in [4.69, 9.17) is 9.47 Å². The van der Waals surface area contributed by atoms with Gasteiger partial charge in [0.25, 0.3) is 0 Å². The van der Waals surface area contributed by atoms with Gasteiger partial charge in [0, 0.05) is 30.1 Å². The van der Waals surface area contributed by atoms with Crippen molar-refractivity contribution in [2.45, 2.75) is 6.54 Å². The zero-order valence-electron chi connectivity index (χ0n) is 10.3. The minimum Gasteiger partial charge on any atom is -0.497 e. The Labute approximate surface area is 112 Å². The zero-order chi connectivity index (χ0) is 12.1. The van der Waals surface area contributed by atoms with Crippen LogP contribution < -0.4 is 14.8 Å². The van der Waals surface area contributed by atoms with E-state index in [9.17, 15) is 0 Å². The van der Waals surface area contributed by atoms with Crippen molar-refractivity contribution in [3.05, 3.63) is 36.2 Å². The molecular weight excluding hydrogens is 254 g/mol. The SMILES string of the molecule is COc1cc(NCc2ccn[nH]2)cc(OC)c1.Cl. The maximum atomic E-state index is 5.19. The van der Waals surface area contributed by atoms with Crippen molar-refractivity contribution in [1.82, 2.24) is 10.2 Å². The summed E-state index contributed by atoms with van der Waals surface area (Å²) in [5.74, 6) is 1.52. The van der Waals surface area contributed by atoms with Crippen LogP contribution in [-0.4, -0.2) is 24.4 Å². The number of H-pyrrole nitrogens is 1. The summed E-state index contributed by atoms with van der Waals surface area (Å²) >= 11 is 0. The third-order valence-corrected chi connectivity index (χ3v) is 2.39. The molecule has 0 aliphatic heterocycles. The van der Waals surface area contributed by atoms with Crippen LogP contribution in [0.15, 0.2) is 30.5 Å². The van der Waals surface area contributed by atoms with Gasteiger partial charge >= 0.3 is 0 Å². The lowest BCUT2D eigenvalue weighted by atomic mass is 10.2. The van der Waals surface area contributed by atoms with E-state index in [2.05, 4.69) is 15.5 Å². The Morgan fingerprint density at radius 2 is 1.83 bits per heavy atom. The number of aromatic nitrogens is 2. The topological polar surface area (TPSA) is 59.2 Å². The predicted molar refractivity (Wildman–Crippen MR) is 72.7 cm³/mol. The first-order valence-corrected chi connectivity index (χ1v) is 5.27. The average molecular weight is 270 g/mol. The smallest absolute Gasteiger partial charge is 0.124 e. The highest BCUT2D eigenvalue weighted by Crippen LogP contribution is 2.25. The fraction of sp³-hybridized carbons (Fsp3) is 0.250. The highest BCUT2D eigenvalue weighted by molar-refractivity contribution is 5.85. The maximum Gasteiger partial charge on any atom is 0.124 e. The lowest BCUT2D eigenvalue weighted by Crippen LogP contribution is -2.00. The molecule has 0 saturated carbocycles. The van der Waals surface area contributed by atoms with E-state index < -0.39 is 0 Å². The van der Waals surface area contributed by atoms with Gasteiger partial charge in [-0.25, -0.2) is 0 Å². The van der Waals surface area contributed by atoms with E-state index in [1.165, 1.54) is 0 Å². The number of hydrogen-bond donors (Lipinski definition) is 2. The van der Waals surface area contributed by atoms with Gasteiger partial charge in [-0.05, 0) is 6.07 Å². The summed E-state index contributed by atoms with van der Waals surface area (Å²) in [6, 6.07) is 7.59. The number of aromatic amines is 1. The highest BCUT2D eigenvalue weighted by Gasteiger charge is 2.01. The van der Waals surface area contributed by atoms with Crippen molar-refractivity contribution >= 4 is 18.1 Å². The molecule has 0 aliphatic carbocycles. The van der Waals surface area contributed by atoms with E-state index in [0.29, 0.717) is 6.54 Å². The second-order valence-electron chi connectivity index (χ2n) is 3.54. The van der Waals surface area contributed by atoms with Crippen molar-refractivity contribution in [3.63, 3.8) is 0 Å². The molecule has 98 valence electrons. The van der Waals surface area contributed by atoms with Gasteiger partial charge in [0.2, 0.25) is 0 Å². The van der Waals surface area contributed by atoms with Crippen LogP contribution in [0.5, 0.6) is 11.5 Å². The number of benzene rings is 1. The molecule has 0 radical (unpaired) electrons. The van der Waals surface area contributed by atoms with Gasteiger partial charge in [-0.1, -0.05) is 0 Å². The van der Waals surface area contributed by atoms with E-state index >= 15 is 0 Å². The molecule has 0 atom stereocenters. The largest absolute Gasteiger partial charge is 0.497 e. The monoisotopic (exact) mass is 269 g/mol. The van der Waals surface area contributed by atoms with E-state index in [0.717, 1.165) is 22.9 Å². The predicted octanol–water partition coefficient (Wildman–Crippen LogP) is 2.46. The minimum absolute atomic E-state index is 0. The Balaban J connectivity index is 0.00000162. The van der Waals surface area contributed by atoms with Gasteiger partial charge in [0.15, 0.2) is 0 Å².